The number of ether oxygens (including phenoxy) is 3. The first kappa shape index (κ1) is 20.7. The molecule has 0 aliphatic heterocycles. The molecule has 3 aromatic rings. The van der Waals surface area contributed by atoms with Gasteiger partial charge in [0.2, 0.25) is 0 Å². The second kappa shape index (κ2) is 8.96. The number of rotatable bonds is 6. The Hall–Kier alpha value is -2.06. The molecule has 2 aromatic carbocycles. The number of hydrogen-bond donors (Lipinski definition) is 0. The molecule has 3 rings (SSSR count). The van der Waals surface area contributed by atoms with Gasteiger partial charge in [-0.3, -0.25) is 4.79 Å². The number of nitrogens with zero attached hydrogens (tertiary/aromatic N) is 2. The van der Waals surface area contributed by atoms with Gasteiger partial charge in [-0.2, -0.15) is 4.99 Å². The summed E-state index contributed by atoms with van der Waals surface area (Å²) in [5, 5.41) is 0.863. The number of amides is 1. The van der Waals surface area contributed by atoms with E-state index < -0.39 is 5.91 Å². The maximum absolute atomic E-state index is 12.8. The molecule has 1 aromatic heterocycles. The summed E-state index contributed by atoms with van der Waals surface area (Å²) in [7, 11) is 4.66. The quantitative estimate of drug-likeness (QED) is 0.569. The smallest absolute Gasteiger partial charge is 0.279 e. The van der Waals surface area contributed by atoms with Crippen molar-refractivity contribution in [2.45, 2.75) is 6.54 Å². The van der Waals surface area contributed by atoms with E-state index in [0.717, 1.165) is 10.2 Å². The molecule has 0 atom stereocenters. The van der Waals surface area contributed by atoms with Crippen molar-refractivity contribution in [2.24, 2.45) is 4.99 Å². The first-order valence-electron chi connectivity index (χ1n) is 8.27. The number of fused-ring (bicyclic) bond motifs is 1. The molecule has 1 amide bonds. The van der Waals surface area contributed by atoms with Crippen LogP contribution in [0.5, 0.6) is 11.5 Å². The maximum atomic E-state index is 12.8. The molecule has 0 aliphatic rings. The summed E-state index contributed by atoms with van der Waals surface area (Å²) in [5.74, 6) is 0.598. The van der Waals surface area contributed by atoms with E-state index in [1.165, 1.54) is 25.6 Å². The molecule has 0 aliphatic carbocycles. The van der Waals surface area contributed by atoms with Crippen molar-refractivity contribution in [3.05, 3.63) is 50.7 Å². The number of hydrogen-bond acceptors (Lipinski definition) is 5. The van der Waals surface area contributed by atoms with Gasteiger partial charge < -0.3 is 18.8 Å². The van der Waals surface area contributed by atoms with Crippen LogP contribution in [-0.2, 0) is 11.3 Å². The molecular formula is C19H18Cl2N2O4S. The Kier molecular flexibility index (Phi) is 6.61. The molecule has 0 N–H and O–H groups in total. The van der Waals surface area contributed by atoms with Gasteiger partial charge in [0, 0.05) is 19.2 Å². The van der Waals surface area contributed by atoms with E-state index >= 15 is 0 Å². The topological polar surface area (TPSA) is 62.1 Å². The van der Waals surface area contributed by atoms with E-state index in [9.17, 15) is 4.79 Å². The fourth-order valence-corrected chi connectivity index (χ4v) is 4.24. The van der Waals surface area contributed by atoms with Gasteiger partial charge in [0.05, 0.1) is 41.1 Å². The van der Waals surface area contributed by atoms with E-state index in [4.69, 9.17) is 37.4 Å². The third kappa shape index (κ3) is 4.03. The lowest BCUT2D eigenvalue weighted by atomic mass is 10.2. The molecule has 28 heavy (non-hydrogen) atoms. The van der Waals surface area contributed by atoms with Crippen LogP contribution in [0.4, 0.5) is 0 Å². The number of halogens is 2. The minimum absolute atomic E-state index is 0.387. The van der Waals surface area contributed by atoms with Crippen LogP contribution in [0.25, 0.3) is 10.2 Å². The molecular weight excluding hydrogens is 423 g/mol. The summed E-state index contributed by atoms with van der Waals surface area (Å²) in [6.07, 6.45) is 0. The summed E-state index contributed by atoms with van der Waals surface area (Å²) in [6, 6.07) is 8.49. The van der Waals surface area contributed by atoms with Crippen molar-refractivity contribution >= 4 is 50.7 Å². The van der Waals surface area contributed by atoms with E-state index in [-0.39, 0.29) is 0 Å². The van der Waals surface area contributed by atoms with E-state index in [2.05, 4.69) is 4.99 Å². The molecule has 6 nitrogen and oxygen atoms in total. The Morgan fingerprint density at radius 1 is 1.11 bits per heavy atom. The summed E-state index contributed by atoms with van der Waals surface area (Å²) in [5.41, 5.74) is 1.12. The van der Waals surface area contributed by atoms with E-state index in [1.54, 1.807) is 31.4 Å². The Morgan fingerprint density at radius 2 is 1.86 bits per heavy atom. The Bertz CT molecular complexity index is 1090. The lowest BCUT2D eigenvalue weighted by Gasteiger charge is -2.08. The molecule has 0 spiro atoms. The van der Waals surface area contributed by atoms with Crippen LogP contribution in [0.15, 0.2) is 35.3 Å². The van der Waals surface area contributed by atoms with Crippen molar-refractivity contribution in [2.75, 3.05) is 27.9 Å². The minimum Gasteiger partial charge on any atom is -0.493 e. The third-order valence-corrected chi connectivity index (χ3v) is 5.92. The SMILES string of the molecule is COCCn1c(=NC(=O)c2ccc(OC)c(OC)c2)sc2ccc(Cl)c(Cl)c21. The van der Waals surface area contributed by atoms with E-state index in [1.807, 2.05) is 10.6 Å². The molecule has 0 unspecified atom stereocenters. The standard InChI is InChI=1S/C19H18Cl2N2O4S/c1-25-9-8-23-17-15(7-5-12(20)16(17)21)28-19(23)22-18(24)11-4-6-13(26-2)14(10-11)27-3/h4-7,10H,8-9H2,1-3H3. The van der Waals surface area contributed by atoms with Crippen molar-refractivity contribution < 1.29 is 19.0 Å². The fourth-order valence-electron chi connectivity index (χ4n) is 2.70. The maximum Gasteiger partial charge on any atom is 0.279 e. The third-order valence-electron chi connectivity index (χ3n) is 4.08. The second-order valence-electron chi connectivity index (χ2n) is 5.72. The van der Waals surface area contributed by atoms with E-state index in [0.29, 0.717) is 45.1 Å². The average Bonchev–Trinajstić information content (AvgIpc) is 3.06. The number of aromatic nitrogens is 1. The zero-order chi connectivity index (χ0) is 20.3. The fraction of sp³-hybridized carbons (Fsp3) is 0.263. The van der Waals surface area contributed by atoms with Gasteiger partial charge in [-0.1, -0.05) is 34.5 Å². The van der Waals surface area contributed by atoms with Gasteiger partial charge in [0.25, 0.3) is 5.91 Å². The number of carbonyl (C=O) groups is 1. The van der Waals surface area contributed by atoms with Crippen LogP contribution >= 0.6 is 34.5 Å². The summed E-state index contributed by atoms with van der Waals surface area (Å²) in [4.78, 5) is 17.6. The Morgan fingerprint density at radius 3 is 2.54 bits per heavy atom. The lowest BCUT2D eigenvalue weighted by Crippen LogP contribution is -2.19. The Balaban J connectivity index is 2.13. The van der Waals surface area contributed by atoms with Crippen LogP contribution in [0, 0.1) is 0 Å². The first-order valence-corrected chi connectivity index (χ1v) is 9.84. The molecule has 9 heteroatoms. The van der Waals surface area contributed by atoms with Crippen LogP contribution in [0.3, 0.4) is 0 Å². The largest absolute Gasteiger partial charge is 0.493 e. The van der Waals surface area contributed by atoms with Gasteiger partial charge in [-0.05, 0) is 30.3 Å². The monoisotopic (exact) mass is 440 g/mol. The number of thiazole rings is 1. The summed E-state index contributed by atoms with van der Waals surface area (Å²) in [6.45, 7) is 0.918. The predicted molar refractivity (Wildman–Crippen MR) is 111 cm³/mol. The van der Waals surface area contributed by atoms with Crippen LogP contribution in [-0.4, -0.2) is 38.4 Å². The molecule has 148 valence electrons. The highest BCUT2D eigenvalue weighted by Crippen LogP contribution is 2.32. The van der Waals surface area contributed by atoms with Gasteiger partial charge in [0.15, 0.2) is 16.3 Å². The molecule has 1 heterocycles. The zero-order valence-corrected chi connectivity index (χ0v) is 17.8. The first-order chi connectivity index (χ1) is 13.5. The van der Waals surface area contributed by atoms with Crippen molar-refractivity contribution in [1.82, 2.24) is 4.57 Å². The average molecular weight is 441 g/mol. The second-order valence-corrected chi connectivity index (χ2v) is 7.52. The normalized spacial score (nSPS) is 11.8. The molecule has 0 bridgehead atoms. The zero-order valence-electron chi connectivity index (χ0n) is 15.5. The van der Waals surface area contributed by atoms with Gasteiger partial charge in [-0.25, -0.2) is 0 Å². The van der Waals surface area contributed by atoms with Crippen LogP contribution < -0.4 is 14.3 Å². The highest BCUT2D eigenvalue weighted by atomic mass is 35.5. The van der Waals surface area contributed by atoms with Gasteiger partial charge in [0.1, 0.15) is 0 Å². The summed E-state index contributed by atoms with van der Waals surface area (Å²) < 4.78 is 18.4. The summed E-state index contributed by atoms with van der Waals surface area (Å²) >= 11 is 13.9. The highest BCUT2D eigenvalue weighted by molar-refractivity contribution is 7.16. The van der Waals surface area contributed by atoms with Crippen LogP contribution in [0.2, 0.25) is 10.0 Å². The number of methoxy groups -OCH3 is 3. The molecule has 0 radical (unpaired) electrons. The molecule has 0 saturated heterocycles. The van der Waals surface area contributed by atoms with Gasteiger partial charge in [-0.15, -0.1) is 0 Å². The molecule has 0 fully saturated rings. The number of benzene rings is 2. The number of carbonyl (C=O) groups excluding carboxylic acids is 1. The minimum atomic E-state index is -0.402. The Labute approximate surface area is 175 Å². The van der Waals surface area contributed by atoms with Crippen molar-refractivity contribution in [1.29, 1.82) is 0 Å². The lowest BCUT2D eigenvalue weighted by molar-refractivity contribution is 0.0997. The van der Waals surface area contributed by atoms with Crippen molar-refractivity contribution in [3.8, 4) is 11.5 Å². The van der Waals surface area contributed by atoms with Crippen molar-refractivity contribution in [3.63, 3.8) is 0 Å². The van der Waals surface area contributed by atoms with Crippen LogP contribution in [0.1, 0.15) is 10.4 Å². The predicted octanol–water partition coefficient (Wildman–Crippen LogP) is 4.41. The molecule has 0 saturated carbocycles. The van der Waals surface area contributed by atoms with Gasteiger partial charge >= 0.3 is 0 Å². The highest BCUT2D eigenvalue weighted by Gasteiger charge is 2.15.